The van der Waals surface area contributed by atoms with Gasteiger partial charge in [0.05, 0.1) is 12.2 Å². The number of benzene rings is 1. The summed E-state index contributed by atoms with van der Waals surface area (Å²) in [5.41, 5.74) is 0.720. The average molecular weight is 402 g/mol. The number of nitrogens with one attached hydrogen (secondary N) is 1. The van der Waals surface area contributed by atoms with E-state index in [9.17, 15) is 4.79 Å². The summed E-state index contributed by atoms with van der Waals surface area (Å²) in [4.78, 5) is 14.5. The third kappa shape index (κ3) is 4.93. The summed E-state index contributed by atoms with van der Waals surface area (Å²) < 4.78 is 6.82. The summed E-state index contributed by atoms with van der Waals surface area (Å²) in [6, 6.07) is 7.95. The number of amides is 1. The fourth-order valence-corrected chi connectivity index (χ4v) is 3.22. The molecular weight excluding hydrogens is 379 g/mol. The summed E-state index contributed by atoms with van der Waals surface area (Å²) in [5, 5.41) is 3.03. The van der Waals surface area contributed by atoms with Crippen LogP contribution in [0.3, 0.4) is 0 Å². The number of nitrogens with zero attached hydrogens (tertiary/aromatic N) is 1. The van der Waals surface area contributed by atoms with Crippen molar-refractivity contribution in [3.63, 3.8) is 0 Å². The first kappa shape index (κ1) is 16.7. The van der Waals surface area contributed by atoms with E-state index in [1.165, 1.54) is 0 Å². The molecule has 1 aromatic carbocycles. The smallest absolute Gasteiger partial charge is 0.251 e. The van der Waals surface area contributed by atoms with E-state index in [2.05, 4.69) is 53.6 Å². The minimum Gasteiger partial charge on any atom is -0.373 e. The van der Waals surface area contributed by atoms with E-state index in [-0.39, 0.29) is 18.1 Å². The van der Waals surface area contributed by atoms with Crippen molar-refractivity contribution in [3.05, 3.63) is 33.4 Å². The van der Waals surface area contributed by atoms with Gasteiger partial charge in [-0.25, -0.2) is 0 Å². The zero-order valence-corrected chi connectivity index (χ0v) is 15.0. The lowest BCUT2D eigenvalue weighted by molar-refractivity contribution is -0.0778. The van der Waals surface area contributed by atoms with Crippen LogP contribution in [0, 0.1) is 3.57 Å². The zero-order chi connectivity index (χ0) is 15.4. The van der Waals surface area contributed by atoms with Crippen LogP contribution in [0.2, 0.25) is 0 Å². The van der Waals surface area contributed by atoms with Gasteiger partial charge in [-0.1, -0.05) is 6.07 Å². The predicted molar refractivity (Wildman–Crippen MR) is 92.5 cm³/mol. The number of ether oxygens (including phenoxy) is 1. The number of hydrogen-bond acceptors (Lipinski definition) is 3. The van der Waals surface area contributed by atoms with E-state index in [0.717, 1.165) is 22.2 Å². The standard InChI is InChI=1S/C16H23IN2O2/c1-11(19-9-12(2)21-13(3)10-19)8-18-16(20)14-5-4-6-15(17)7-14/h4-7,11-13H,8-10H2,1-3H3,(H,18,20)/t11-,12-,13-/m1/s1. The van der Waals surface area contributed by atoms with Crippen LogP contribution in [0.15, 0.2) is 24.3 Å². The summed E-state index contributed by atoms with van der Waals surface area (Å²) >= 11 is 2.22. The summed E-state index contributed by atoms with van der Waals surface area (Å²) in [7, 11) is 0. The second-order valence-electron chi connectivity index (χ2n) is 5.78. The van der Waals surface area contributed by atoms with Crippen molar-refractivity contribution in [1.29, 1.82) is 0 Å². The van der Waals surface area contributed by atoms with Gasteiger partial charge in [0, 0.05) is 34.8 Å². The van der Waals surface area contributed by atoms with Crippen LogP contribution in [-0.4, -0.2) is 48.7 Å². The molecule has 0 spiro atoms. The largest absolute Gasteiger partial charge is 0.373 e. The Bertz CT molecular complexity index is 485. The van der Waals surface area contributed by atoms with Gasteiger partial charge in [0.2, 0.25) is 0 Å². The van der Waals surface area contributed by atoms with Gasteiger partial charge in [-0.05, 0) is 61.6 Å². The lowest BCUT2D eigenvalue weighted by Crippen LogP contribution is -2.52. The minimum atomic E-state index is -0.00489. The van der Waals surface area contributed by atoms with E-state index < -0.39 is 0 Å². The fraction of sp³-hybridized carbons (Fsp3) is 0.562. The van der Waals surface area contributed by atoms with Crippen LogP contribution in [0.1, 0.15) is 31.1 Å². The Morgan fingerprint density at radius 3 is 2.71 bits per heavy atom. The van der Waals surface area contributed by atoms with Crippen molar-refractivity contribution in [1.82, 2.24) is 10.2 Å². The predicted octanol–water partition coefficient (Wildman–Crippen LogP) is 2.52. The molecular formula is C16H23IN2O2. The molecule has 1 heterocycles. The highest BCUT2D eigenvalue weighted by atomic mass is 127. The van der Waals surface area contributed by atoms with Crippen LogP contribution >= 0.6 is 22.6 Å². The molecule has 1 fully saturated rings. The topological polar surface area (TPSA) is 41.6 Å². The van der Waals surface area contributed by atoms with Crippen molar-refractivity contribution in [2.45, 2.75) is 39.0 Å². The van der Waals surface area contributed by atoms with Crippen molar-refractivity contribution in [3.8, 4) is 0 Å². The maximum absolute atomic E-state index is 12.2. The number of halogens is 1. The Morgan fingerprint density at radius 1 is 1.43 bits per heavy atom. The highest BCUT2D eigenvalue weighted by Crippen LogP contribution is 2.13. The number of hydrogen-bond donors (Lipinski definition) is 1. The zero-order valence-electron chi connectivity index (χ0n) is 12.8. The summed E-state index contributed by atoms with van der Waals surface area (Å²) in [6.45, 7) is 8.85. The maximum atomic E-state index is 12.2. The summed E-state index contributed by atoms with van der Waals surface area (Å²) in [5.74, 6) is -0.00489. The molecule has 1 aromatic rings. The van der Waals surface area contributed by atoms with Gasteiger partial charge in [-0.3, -0.25) is 9.69 Å². The molecule has 0 saturated carbocycles. The fourth-order valence-electron chi connectivity index (χ4n) is 2.68. The van der Waals surface area contributed by atoms with Crippen LogP contribution in [-0.2, 0) is 4.74 Å². The molecule has 0 aromatic heterocycles. The van der Waals surface area contributed by atoms with Gasteiger partial charge in [0.1, 0.15) is 0 Å². The Labute approximate surface area is 140 Å². The molecule has 1 aliphatic rings. The number of carbonyl (C=O) groups excluding carboxylic acids is 1. The van der Waals surface area contributed by atoms with Crippen LogP contribution in [0.4, 0.5) is 0 Å². The molecule has 1 saturated heterocycles. The molecule has 21 heavy (non-hydrogen) atoms. The van der Waals surface area contributed by atoms with E-state index >= 15 is 0 Å². The van der Waals surface area contributed by atoms with E-state index in [0.29, 0.717) is 12.6 Å². The Balaban J connectivity index is 1.86. The second-order valence-corrected chi connectivity index (χ2v) is 7.03. The Morgan fingerprint density at radius 2 is 2.10 bits per heavy atom. The van der Waals surface area contributed by atoms with Crippen molar-refractivity contribution in [2.75, 3.05) is 19.6 Å². The minimum absolute atomic E-state index is 0.00489. The first-order valence-electron chi connectivity index (χ1n) is 7.39. The van der Waals surface area contributed by atoms with Crippen molar-refractivity contribution < 1.29 is 9.53 Å². The molecule has 0 unspecified atom stereocenters. The molecule has 5 heteroatoms. The van der Waals surface area contributed by atoms with Crippen LogP contribution in [0.25, 0.3) is 0 Å². The van der Waals surface area contributed by atoms with Gasteiger partial charge in [0.15, 0.2) is 0 Å². The van der Waals surface area contributed by atoms with Gasteiger partial charge in [-0.15, -0.1) is 0 Å². The number of morpholine rings is 1. The van der Waals surface area contributed by atoms with Gasteiger partial charge in [-0.2, -0.15) is 0 Å². The maximum Gasteiger partial charge on any atom is 0.251 e. The van der Waals surface area contributed by atoms with Crippen molar-refractivity contribution in [2.24, 2.45) is 0 Å². The SMILES string of the molecule is C[C@@H]1CN([C@H](C)CNC(=O)c2cccc(I)c2)C[C@@H](C)O1. The highest BCUT2D eigenvalue weighted by molar-refractivity contribution is 14.1. The van der Waals surface area contributed by atoms with Gasteiger partial charge >= 0.3 is 0 Å². The normalized spacial score (nSPS) is 24.6. The first-order valence-corrected chi connectivity index (χ1v) is 8.47. The van der Waals surface area contributed by atoms with Crippen LogP contribution < -0.4 is 5.32 Å². The Kier molecular flexibility index (Phi) is 6.01. The lowest BCUT2D eigenvalue weighted by atomic mass is 10.1. The van der Waals surface area contributed by atoms with Crippen LogP contribution in [0.5, 0.6) is 0 Å². The van der Waals surface area contributed by atoms with E-state index in [1.54, 1.807) is 0 Å². The molecule has 4 nitrogen and oxygen atoms in total. The molecule has 0 radical (unpaired) electrons. The molecule has 0 bridgehead atoms. The average Bonchev–Trinajstić information content (AvgIpc) is 2.43. The van der Waals surface area contributed by atoms with E-state index in [1.807, 2.05) is 24.3 Å². The third-order valence-electron chi connectivity index (χ3n) is 3.72. The van der Waals surface area contributed by atoms with Gasteiger partial charge in [0.25, 0.3) is 5.91 Å². The molecule has 0 aliphatic carbocycles. The molecule has 1 N–H and O–H groups in total. The molecule has 1 aliphatic heterocycles. The quantitative estimate of drug-likeness (QED) is 0.788. The third-order valence-corrected chi connectivity index (χ3v) is 4.39. The molecule has 1 amide bonds. The highest BCUT2D eigenvalue weighted by Gasteiger charge is 2.25. The molecule has 3 atom stereocenters. The summed E-state index contributed by atoms with van der Waals surface area (Å²) in [6.07, 6.45) is 0.505. The first-order chi connectivity index (χ1) is 9.95. The molecule has 116 valence electrons. The Hall–Kier alpha value is -0.660. The lowest BCUT2D eigenvalue weighted by Gasteiger charge is -2.39. The van der Waals surface area contributed by atoms with Gasteiger partial charge < -0.3 is 10.1 Å². The van der Waals surface area contributed by atoms with E-state index in [4.69, 9.17) is 4.74 Å². The molecule has 2 rings (SSSR count). The number of carbonyl (C=O) groups is 1. The second kappa shape index (κ2) is 7.56. The number of rotatable bonds is 4. The monoisotopic (exact) mass is 402 g/mol. The van der Waals surface area contributed by atoms with Crippen molar-refractivity contribution >= 4 is 28.5 Å².